The van der Waals surface area contributed by atoms with Gasteiger partial charge in [-0.05, 0) is 54.8 Å². The van der Waals surface area contributed by atoms with E-state index in [-0.39, 0.29) is 5.91 Å². The van der Waals surface area contributed by atoms with Crippen LogP contribution in [0.25, 0.3) is 6.08 Å². The highest BCUT2D eigenvalue weighted by molar-refractivity contribution is 5.91. The molecule has 6 heteroatoms. The third kappa shape index (κ3) is 6.34. The molecule has 0 unspecified atom stereocenters. The fourth-order valence-corrected chi connectivity index (χ4v) is 3.63. The summed E-state index contributed by atoms with van der Waals surface area (Å²) in [6.07, 6.45) is 4.39. The summed E-state index contributed by atoms with van der Waals surface area (Å²) in [5, 5.41) is 8.93. The second-order valence-corrected chi connectivity index (χ2v) is 7.44. The Bertz CT molecular complexity index is 947. The molecule has 1 saturated heterocycles. The van der Waals surface area contributed by atoms with Crippen LogP contribution in [-0.2, 0) is 11.3 Å². The molecule has 0 N–H and O–H groups in total. The van der Waals surface area contributed by atoms with E-state index in [9.17, 15) is 4.79 Å². The van der Waals surface area contributed by atoms with Crippen LogP contribution < -0.4 is 9.47 Å². The zero-order chi connectivity index (χ0) is 22.1. The fourth-order valence-electron chi connectivity index (χ4n) is 3.63. The van der Waals surface area contributed by atoms with Gasteiger partial charge < -0.3 is 14.4 Å². The maximum atomic E-state index is 12.7. The lowest BCUT2D eigenvalue weighted by Gasteiger charge is -2.21. The molecule has 162 valence electrons. The molecule has 1 aliphatic rings. The second kappa shape index (κ2) is 11.2. The van der Waals surface area contributed by atoms with Crippen molar-refractivity contribution in [1.29, 1.82) is 5.26 Å². The van der Waals surface area contributed by atoms with Gasteiger partial charge in [-0.1, -0.05) is 18.2 Å². The Kier molecular flexibility index (Phi) is 8.08. The van der Waals surface area contributed by atoms with Gasteiger partial charge in [-0.2, -0.15) is 5.26 Å². The molecule has 0 aromatic heterocycles. The Morgan fingerprint density at radius 2 is 1.90 bits per heavy atom. The smallest absolute Gasteiger partial charge is 0.246 e. The van der Waals surface area contributed by atoms with E-state index in [4.69, 9.17) is 14.7 Å². The van der Waals surface area contributed by atoms with Crippen molar-refractivity contribution in [2.24, 2.45) is 0 Å². The number of carbonyl (C=O) groups excluding carboxylic acids is 1. The summed E-state index contributed by atoms with van der Waals surface area (Å²) >= 11 is 0. The predicted octanol–water partition coefficient (Wildman–Crippen LogP) is 3.71. The number of rotatable bonds is 7. The number of methoxy groups -OCH3 is 1. The molecule has 0 saturated carbocycles. The number of carbonyl (C=O) groups is 1. The molecule has 0 spiro atoms. The number of benzene rings is 2. The Hall–Kier alpha value is -3.30. The van der Waals surface area contributed by atoms with Gasteiger partial charge in [-0.15, -0.1) is 0 Å². The standard InChI is InChI=1S/C25H29N3O3/c1-3-31-24-17-20(9-11-23(24)30-2)10-12-25(29)28-14-4-13-27(15-16-28)19-22-7-5-21(18-26)6-8-22/h5-12,17H,3-4,13-16,19H2,1-2H3/b12-10+. The van der Waals surface area contributed by atoms with Gasteiger partial charge in [-0.3, -0.25) is 9.69 Å². The summed E-state index contributed by atoms with van der Waals surface area (Å²) in [6.45, 7) is 6.53. The van der Waals surface area contributed by atoms with Gasteiger partial charge in [0.1, 0.15) is 0 Å². The molecule has 3 rings (SSSR count). The molecule has 0 bridgehead atoms. The summed E-state index contributed by atoms with van der Waals surface area (Å²) < 4.78 is 10.9. The second-order valence-electron chi connectivity index (χ2n) is 7.44. The lowest BCUT2D eigenvalue weighted by atomic mass is 10.1. The Morgan fingerprint density at radius 3 is 2.61 bits per heavy atom. The minimum absolute atomic E-state index is 0.0222. The first-order valence-corrected chi connectivity index (χ1v) is 10.6. The summed E-state index contributed by atoms with van der Waals surface area (Å²) in [6, 6.07) is 15.5. The highest BCUT2D eigenvalue weighted by Crippen LogP contribution is 2.28. The maximum absolute atomic E-state index is 12.7. The van der Waals surface area contributed by atoms with Crippen LogP contribution in [0.5, 0.6) is 11.5 Å². The summed E-state index contributed by atoms with van der Waals surface area (Å²) in [5.74, 6) is 1.38. The Balaban J connectivity index is 1.56. The third-order valence-electron chi connectivity index (χ3n) is 5.30. The van der Waals surface area contributed by atoms with Crippen molar-refractivity contribution >= 4 is 12.0 Å². The maximum Gasteiger partial charge on any atom is 0.246 e. The van der Waals surface area contributed by atoms with Crippen molar-refractivity contribution in [3.63, 3.8) is 0 Å². The number of nitriles is 1. The zero-order valence-corrected chi connectivity index (χ0v) is 18.2. The highest BCUT2D eigenvalue weighted by Gasteiger charge is 2.17. The zero-order valence-electron chi connectivity index (χ0n) is 18.2. The molecule has 1 amide bonds. The van der Waals surface area contributed by atoms with Crippen LogP contribution in [-0.4, -0.2) is 55.6 Å². The average molecular weight is 420 g/mol. The predicted molar refractivity (Wildman–Crippen MR) is 121 cm³/mol. The molecule has 1 aliphatic heterocycles. The van der Waals surface area contributed by atoms with Crippen LogP contribution >= 0.6 is 0 Å². The van der Waals surface area contributed by atoms with Crippen LogP contribution in [0, 0.1) is 11.3 Å². The first-order chi connectivity index (χ1) is 15.1. The average Bonchev–Trinajstić information content (AvgIpc) is 3.04. The number of ether oxygens (including phenoxy) is 2. The molecule has 0 aliphatic carbocycles. The van der Waals surface area contributed by atoms with Crippen molar-refractivity contribution < 1.29 is 14.3 Å². The van der Waals surface area contributed by atoms with Gasteiger partial charge in [0.25, 0.3) is 0 Å². The molecular formula is C25H29N3O3. The molecule has 0 atom stereocenters. The molecule has 31 heavy (non-hydrogen) atoms. The number of hydrogen-bond donors (Lipinski definition) is 0. The molecular weight excluding hydrogens is 390 g/mol. The quantitative estimate of drug-likeness (QED) is 0.640. The van der Waals surface area contributed by atoms with Gasteiger partial charge in [0.15, 0.2) is 11.5 Å². The summed E-state index contributed by atoms with van der Waals surface area (Å²) in [5.41, 5.74) is 2.76. The van der Waals surface area contributed by atoms with E-state index < -0.39 is 0 Å². The van der Waals surface area contributed by atoms with Crippen LogP contribution in [0.4, 0.5) is 0 Å². The topological polar surface area (TPSA) is 65.8 Å². The minimum atomic E-state index is 0.0222. The van der Waals surface area contributed by atoms with E-state index in [0.29, 0.717) is 30.2 Å². The van der Waals surface area contributed by atoms with Gasteiger partial charge in [0.2, 0.25) is 5.91 Å². The number of hydrogen-bond acceptors (Lipinski definition) is 5. The van der Waals surface area contributed by atoms with Gasteiger partial charge >= 0.3 is 0 Å². The van der Waals surface area contributed by atoms with Crippen LogP contribution in [0.3, 0.4) is 0 Å². The van der Waals surface area contributed by atoms with E-state index in [1.807, 2.05) is 60.4 Å². The van der Waals surface area contributed by atoms with Crippen LogP contribution in [0.1, 0.15) is 30.0 Å². The molecule has 2 aromatic rings. The lowest BCUT2D eigenvalue weighted by Crippen LogP contribution is -2.34. The van der Waals surface area contributed by atoms with Crippen molar-refractivity contribution in [1.82, 2.24) is 9.80 Å². The molecule has 1 heterocycles. The van der Waals surface area contributed by atoms with Crippen LogP contribution in [0.15, 0.2) is 48.5 Å². The molecule has 2 aromatic carbocycles. The fraction of sp³-hybridized carbons (Fsp3) is 0.360. The number of amides is 1. The first kappa shape index (κ1) is 22.4. The molecule has 1 fully saturated rings. The van der Waals surface area contributed by atoms with E-state index >= 15 is 0 Å². The van der Waals surface area contributed by atoms with E-state index in [2.05, 4.69) is 11.0 Å². The minimum Gasteiger partial charge on any atom is -0.493 e. The SMILES string of the molecule is CCOc1cc(/C=C/C(=O)N2CCCN(Cc3ccc(C#N)cc3)CC2)ccc1OC. The van der Waals surface area contributed by atoms with Crippen LogP contribution in [0.2, 0.25) is 0 Å². The van der Waals surface area contributed by atoms with Crippen molar-refractivity contribution in [3.8, 4) is 17.6 Å². The summed E-state index contributed by atoms with van der Waals surface area (Å²) in [7, 11) is 1.61. The highest BCUT2D eigenvalue weighted by atomic mass is 16.5. The van der Waals surface area contributed by atoms with Crippen molar-refractivity contribution in [2.45, 2.75) is 19.9 Å². The summed E-state index contributed by atoms with van der Waals surface area (Å²) in [4.78, 5) is 17.0. The van der Waals surface area contributed by atoms with Crippen molar-refractivity contribution in [3.05, 3.63) is 65.2 Å². The van der Waals surface area contributed by atoms with E-state index in [0.717, 1.165) is 38.2 Å². The van der Waals surface area contributed by atoms with Gasteiger partial charge in [-0.25, -0.2) is 0 Å². The molecule has 6 nitrogen and oxygen atoms in total. The van der Waals surface area contributed by atoms with Crippen molar-refractivity contribution in [2.75, 3.05) is 39.9 Å². The monoisotopic (exact) mass is 419 g/mol. The van der Waals surface area contributed by atoms with E-state index in [1.54, 1.807) is 13.2 Å². The first-order valence-electron chi connectivity index (χ1n) is 10.6. The molecule has 0 radical (unpaired) electrons. The normalized spacial score (nSPS) is 14.8. The third-order valence-corrected chi connectivity index (χ3v) is 5.30. The Morgan fingerprint density at radius 1 is 1.10 bits per heavy atom. The largest absolute Gasteiger partial charge is 0.493 e. The lowest BCUT2D eigenvalue weighted by molar-refractivity contribution is -0.125. The van der Waals surface area contributed by atoms with Gasteiger partial charge in [0, 0.05) is 38.8 Å². The Labute approximate surface area is 184 Å². The van der Waals surface area contributed by atoms with E-state index in [1.165, 1.54) is 5.56 Å². The number of nitrogens with zero attached hydrogens (tertiary/aromatic N) is 3. The van der Waals surface area contributed by atoms with Gasteiger partial charge in [0.05, 0.1) is 25.3 Å².